The molecule has 1 N–H and O–H groups in total. The van der Waals surface area contributed by atoms with Gasteiger partial charge in [0.15, 0.2) is 11.5 Å². The molecule has 0 fully saturated rings. The summed E-state index contributed by atoms with van der Waals surface area (Å²) >= 11 is 12.5. The molecule has 0 spiro atoms. The Morgan fingerprint density at radius 1 is 1.08 bits per heavy atom. The molecule has 0 bridgehead atoms. The van der Waals surface area contributed by atoms with Crippen molar-refractivity contribution >= 4 is 23.2 Å². The monoisotopic (exact) mass is 399 g/mol. The van der Waals surface area contributed by atoms with E-state index >= 15 is 0 Å². The van der Waals surface area contributed by atoms with E-state index in [0.29, 0.717) is 34.7 Å². The second kappa shape index (κ2) is 8.94. The summed E-state index contributed by atoms with van der Waals surface area (Å²) in [6.45, 7) is 9.22. The van der Waals surface area contributed by atoms with Crippen molar-refractivity contribution in [3.63, 3.8) is 0 Å². The molecule has 3 nitrogen and oxygen atoms in total. The molecular weight excluding hydrogens is 376 g/mol. The summed E-state index contributed by atoms with van der Waals surface area (Å²) < 4.78 is 25.4. The van der Waals surface area contributed by atoms with Crippen molar-refractivity contribution in [2.45, 2.75) is 46.4 Å². The Bertz CT molecular complexity index is 740. The van der Waals surface area contributed by atoms with E-state index in [-0.39, 0.29) is 17.7 Å². The molecule has 0 amide bonds. The lowest BCUT2D eigenvalue weighted by atomic mass is 10.1. The van der Waals surface area contributed by atoms with Gasteiger partial charge in [-0.1, -0.05) is 29.3 Å². The van der Waals surface area contributed by atoms with E-state index in [9.17, 15) is 4.39 Å². The Morgan fingerprint density at radius 3 is 2.42 bits per heavy atom. The van der Waals surface area contributed by atoms with E-state index in [2.05, 4.69) is 26.1 Å². The molecule has 0 saturated carbocycles. The van der Waals surface area contributed by atoms with Crippen LogP contribution in [0.4, 0.5) is 4.39 Å². The zero-order valence-corrected chi connectivity index (χ0v) is 17.0. The van der Waals surface area contributed by atoms with E-state index in [1.54, 1.807) is 12.1 Å². The summed E-state index contributed by atoms with van der Waals surface area (Å²) in [5.41, 5.74) is 1.24. The largest absolute Gasteiger partial charge is 0.490 e. The SMILES string of the molecule is CCOc1cc(CNC(C)(C)C)cc(Cl)c1OCc1c(F)cccc1Cl. The molecule has 0 saturated heterocycles. The van der Waals surface area contributed by atoms with Crippen LogP contribution in [0.3, 0.4) is 0 Å². The number of hydrogen-bond donors (Lipinski definition) is 1. The van der Waals surface area contributed by atoms with Crippen molar-refractivity contribution in [2.75, 3.05) is 6.61 Å². The van der Waals surface area contributed by atoms with Crippen molar-refractivity contribution in [1.29, 1.82) is 0 Å². The highest BCUT2D eigenvalue weighted by atomic mass is 35.5. The van der Waals surface area contributed by atoms with Crippen LogP contribution in [0.1, 0.15) is 38.8 Å². The van der Waals surface area contributed by atoms with Crippen LogP contribution >= 0.6 is 23.2 Å². The molecule has 0 aliphatic rings. The molecule has 2 aromatic rings. The normalized spacial score (nSPS) is 11.5. The van der Waals surface area contributed by atoms with E-state index < -0.39 is 5.82 Å². The van der Waals surface area contributed by atoms with Crippen molar-refractivity contribution in [3.05, 3.63) is 57.3 Å². The summed E-state index contributed by atoms with van der Waals surface area (Å²) in [6.07, 6.45) is 0. The standard InChI is InChI=1S/C20H24Cl2FNO2/c1-5-25-18-10-13(11-24-20(2,3)4)9-16(22)19(18)26-12-14-15(21)7-6-8-17(14)23/h6-10,24H,5,11-12H2,1-4H3. The van der Waals surface area contributed by atoms with Crippen molar-refractivity contribution < 1.29 is 13.9 Å². The first-order valence-corrected chi connectivity index (χ1v) is 9.22. The molecule has 26 heavy (non-hydrogen) atoms. The molecule has 6 heteroatoms. The van der Waals surface area contributed by atoms with E-state index in [0.717, 1.165) is 5.56 Å². The summed E-state index contributed by atoms with van der Waals surface area (Å²) in [5, 5.41) is 4.13. The van der Waals surface area contributed by atoms with Crippen LogP contribution in [0.2, 0.25) is 10.0 Å². The third-order valence-corrected chi connectivity index (χ3v) is 4.25. The Morgan fingerprint density at radius 2 is 1.81 bits per heavy atom. The molecule has 0 aliphatic heterocycles. The van der Waals surface area contributed by atoms with Gasteiger partial charge in [-0.2, -0.15) is 0 Å². The Balaban J connectivity index is 2.24. The maximum atomic E-state index is 13.9. The third-order valence-electron chi connectivity index (χ3n) is 3.61. The maximum Gasteiger partial charge on any atom is 0.180 e. The number of hydrogen-bond acceptors (Lipinski definition) is 3. The summed E-state index contributed by atoms with van der Waals surface area (Å²) in [7, 11) is 0. The highest BCUT2D eigenvalue weighted by molar-refractivity contribution is 6.32. The lowest BCUT2D eigenvalue weighted by Gasteiger charge is -2.21. The quantitative estimate of drug-likeness (QED) is 0.619. The molecule has 0 heterocycles. The fraction of sp³-hybridized carbons (Fsp3) is 0.400. The third kappa shape index (κ3) is 5.76. The van der Waals surface area contributed by atoms with Crippen LogP contribution in [-0.4, -0.2) is 12.1 Å². The molecule has 2 aromatic carbocycles. The minimum absolute atomic E-state index is 0.0188. The molecule has 2 rings (SSSR count). The van der Waals surface area contributed by atoms with E-state index in [1.807, 2.05) is 19.1 Å². The topological polar surface area (TPSA) is 30.5 Å². The van der Waals surface area contributed by atoms with Gasteiger partial charge in [0.05, 0.1) is 16.7 Å². The van der Waals surface area contributed by atoms with Crippen LogP contribution in [0.25, 0.3) is 0 Å². The van der Waals surface area contributed by atoms with Crippen molar-refractivity contribution in [3.8, 4) is 11.5 Å². The smallest absolute Gasteiger partial charge is 0.180 e. The lowest BCUT2D eigenvalue weighted by molar-refractivity contribution is 0.265. The highest BCUT2D eigenvalue weighted by Gasteiger charge is 2.16. The van der Waals surface area contributed by atoms with Gasteiger partial charge >= 0.3 is 0 Å². The van der Waals surface area contributed by atoms with Gasteiger partial charge in [0.2, 0.25) is 0 Å². The van der Waals surface area contributed by atoms with Crippen LogP contribution < -0.4 is 14.8 Å². The van der Waals surface area contributed by atoms with Crippen LogP contribution in [0, 0.1) is 5.82 Å². The van der Waals surface area contributed by atoms with Crippen molar-refractivity contribution in [1.82, 2.24) is 5.32 Å². The Kier molecular flexibility index (Phi) is 7.16. The summed E-state index contributed by atoms with van der Waals surface area (Å²) in [4.78, 5) is 0. The molecule has 0 aromatic heterocycles. The minimum atomic E-state index is -0.419. The first kappa shape index (κ1) is 20.8. The van der Waals surface area contributed by atoms with Gasteiger partial charge in [-0.3, -0.25) is 0 Å². The van der Waals surface area contributed by atoms with Gasteiger partial charge < -0.3 is 14.8 Å². The van der Waals surface area contributed by atoms with Crippen molar-refractivity contribution in [2.24, 2.45) is 0 Å². The average molecular weight is 400 g/mol. The lowest BCUT2D eigenvalue weighted by Crippen LogP contribution is -2.35. The van der Waals surface area contributed by atoms with Gasteiger partial charge in [0.25, 0.3) is 0 Å². The second-order valence-electron chi connectivity index (χ2n) is 6.93. The van der Waals surface area contributed by atoms with E-state index in [4.69, 9.17) is 32.7 Å². The Labute approximate surface area is 164 Å². The van der Waals surface area contributed by atoms with Gasteiger partial charge in [-0.15, -0.1) is 0 Å². The molecule has 0 atom stereocenters. The maximum absolute atomic E-state index is 13.9. The molecule has 0 radical (unpaired) electrons. The summed E-state index contributed by atoms with van der Waals surface area (Å²) in [6, 6.07) is 8.22. The highest BCUT2D eigenvalue weighted by Crippen LogP contribution is 2.38. The fourth-order valence-corrected chi connectivity index (χ4v) is 2.81. The zero-order valence-electron chi connectivity index (χ0n) is 15.5. The predicted octanol–water partition coefficient (Wildman–Crippen LogP) is 6.00. The van der Waals surface area contributed by atoms with Crippen LogP contribution in [0.15, 0.2) is 30.3 Å². The summed E-state index contributed by atoms with van der Waals surface area (Å²) in [5.74, 6) is 0.489. The first-order chi connectivity index (χ1) is 12.2. The number of nitrogens with one attached hydrogen (secondary N) is 1. The number of rotatable bonds is 7. The molecular formula is C20H24Cl2FNO2. The van der Waals surface area contributed by atoms with Gasteiger partial charge in [-0.25, -0.2) is 4.39 Å². The first-order valence-electron chi connectivity index (χ1n) is 8.47. The minimum Gasteiger partial charge on any atom is -0.490 e. The Hall–Kier alpha value is -1.49. The van der Waals surface area contributed by atoms with E-state index in [1.165, 1.54) is 6.07 Å². The van der Waals surface area contributed by atoms with Gasteiger partial charge in [0.1, 0.15) is 12.4 Å². The molecule has 0 aliphatic carbocycles. The molecule has 142 valence electrons. The van der Waals surface area contributed by atoms with Crippen LogP contribution in [-0.2, 0) is 13.2 Å². The number of halogens is 3. The van der Waals surface area contributed by atoms with Crippen LogP contribution in [0.5, 0.6) is 11.5 Å². The molecule has 0 unspecified atom stereocenters. The average Bonchev–Trinajstić information content (AvgIpc) is 2.54. The number of ether oxygens (including phenoxy) is 2. The number of benzene rings is 2. The second-order valence-corrected chi connectivity index (χ2v) is 7.74. The zero-order chi connectivity index (χ0) is 19.3. The fourth-order valence-electron chi connectivity index (χ4n) is 2.31. The van der Waals surface area contributed by atoms with Gasteiger partial charge in [0, 0.05) is 17.6 Å². The van der Waals surface area contributed by atoms with Gasteiger partial charge in [-0.05, 0) is 57.5 Å². The predicted molar refractivity (Wildman–Crippen MR) is 105 cm³/mol.